The van der Waals surface area contributed by atoms with E-state index in [0.29, 0.717) is 13.0 Å². The molecular formula is C19H23NO. The fourth-order valence-electron chi connectivity index (χ4n) is 2.17. The molecule has 2 aromatic rings. The normalized spacial score (nSPS) is 11.2. The van der Waals surface area contributed by atoms with Gasteiger partial charge < -0.3 is 5.32 Å². The zero-order chi connectivity index (χ0) is 15.3. The molecule has 21 heavy (non-hydrogen) atoms. The molecule has 0 atom stereocenters. The van der Waals surface area contributed by atoms with Crippen LogP contribution in [0.5, 0.6) is 0 Å². The van der Waals surface area contributed by atoms with Gasteiger partial charge in [0.25, 0.3) is 0 Å². The lowest BCUT2D eigenvalue weighted by Gasteiger charge is -2.19. The highest BCUT2D eigenvalue weighted by Gasteiger charge is 2.13. The van der Waals surface area contributed by atoms with E-state index in [1.807, 2.05) is 30.3 Å². The van der Waals surface area contributed by atoms with E-state index in [2.05, 4.69) is 50.4 Å². The summed E-state index contributed by atoms with van der Waals surface area (Å²) in [5.74, 6) is 0.197. The molecule has 0 saturated heterocycles. The molecule has 0 aliphatic rings. The summed E-state index contributed by atoms with van der Waals surface area (Å²) in [4.78, 5) is 12.0. The molecule has 0 radical (unpaired) electrons. The lowest BCUT2D eigenvalue weighted by molar-refractivity contribution is -0.116. The van der Waals surface area contributed by atoms with Gasteiger partial charge in [-0.3, -0.25) is 4.79 Å². The van der Waals surface area contributed by atoms with Crippen LogP contribution in [-0.4, -0.2) is 12.3 Å². The first-order valence-corrected chi connectivity index (χ1v) is 7.35. The molecule has 0 saturated carbocycles. The Morgan fingerprint density at radius 3 is 2.14 bits per heavy atom. The van der Waals surface area contributed by atoms with E-state index < -0.39 is 0 Å². The van der Waals surface area contributed by atoms with Crippen molar-refractivity contribution >= 4 is 11.5 Å². The summed E-state index contributed by atoms with van der Waals surface area (Å²) in [7, 11) is 0. The Hall–Kier alpha value is -2.09. The van der Waals surface area contributed by atoms with E-state index in [9.17, 15) is 4.79 Å². The summed E-state index contributed by atoms with van der Waals surface area (Å²) in [5.41, 5.74) is 3.50. The Bertz CT molecular complexity index is 579. The topological polar surface area (TPSA) is 29.1 Å². The van der Waals surface area contributed by atoms with Crippen LogP contribution in [0.15, 0.2) is 54.6 Å². The monoisotopic (exact) mass is 281 g/mol. The van der Waals surface area contributed by atoms with Crippen molar-refractivity contribution in [2.45, 2.75) is 32.6 Å². The number of para-hydroxylation sites is 1. The fourth-order valence-corrected chi connectivity index (χ4v) is 2.17. The summed E-state index contributed by atoms with van der Waals surface area (Å²) in [6, 6.07) is 18.2. The van der Waals surface area contributed by atoms with Crippen molar-refractivity contribution in [1.29, 1.82) is 0 Å². The number of benzene rings is 2. The highest BCUT2D eigenvalue weighted by atomic mass is 16.1. The van der Waals surface area contributed by atoms with E-state index in [1.165, 1.54) is 5.56 Å². The first-order valence-electron chi connectivity index (χ1n) is 7.35. The summed E-state index contributed by atoms with van der Waals surface area (Å²) < 4.78 is 0. The molecule has 0 amide bonds. The molecule has 2 rings (SSSR count). The molecule has 0 aliphatic carbocycles. The highest BCUT2D eigenvalue weighted by molar-refractivity contribution is 5.84. The second-order valence-electron chi connectivity index (χ2n) is 6.38. The van der Waals surface area contributed by atoms with Gasteiger partial charge in [-0.05, 0) is 28.7 Å². The van der Waals surface area contributed by atoms with Gasteiger partial charge >= 0.3 is 0 Å². The van der Waals surface area contributed by atoms with Gasteiger partial charge in [-0.1, -0.05) is 63.2 Å². The van der Waals surface area contributed by atoms with E-state index in [4.69, 9.17) is 0 Å². The van der Waals surface area contributed by atoms with Gasteiger partial charge in [0.15, 0.2) is 5.78 Å². The van der Waals surface area contributed by atoms with Gasteiger partial charge in [0.1, 0.15) is 0 Å². The fraction of sp³-hybridized carbons (Fsp3) is 0.316. The predicted molar refractivity (Wildman–Crippen MR) is 88.8 cm³/mol. The Morgan fingerprint density at radius 1 is 0.952 bits per heavy atom. The number of rotatable bonds is 5. The minimum Gasteiger partial charge on any atom is -0.378 e. The van der Waals surface area contributed by atoms with Gasteiger partial charge in [0.2, 0.25) is 0 Å². The Morgan fingerprint density at radius 2 is 1.57 bits per heavy atom. The molecule has 0 spiro atoms. The third kappa shape index (κ3) is 4.75. The third-order valence-corrected chi connectivity index (χ3v) is 3.48. The van der Waals surface area contributed by atoms with Crippen LogP contribution in [0.25, 0.3) is 0 Å². The molecule has 0 unspecified atom stereocenters. The maximum absolute atomic E-state index is 12.0. The molecule has 2 aromatic carbocycles. The van der Waals surface area contributed by atoms with Gasteiger partial charge in [-0.25, -0.2) is 0 Å². The summed E-state index contributed by atoms with van der Waals surface area (Å²) in [6.45, 7) is 6.94. The van der Waals surface area contributed by atoms with Gasteiger partial charge in [-0.15, -0.1) is 0 Å². The molecule has 1 N–H and O–H groups in total. The molecule has 0 aliphatic heterocycles. The van der Waals surface area contributed by atoms with Crippen molar-refractivity contribution in [3.8, 4) is 0 Å². The maximum atomic E-state index is 12.0. The predicted octanol–water partition coefficient (Wildman–Crippen LogP) is 4.21. The summed E-state index contributed by atoms with van der Waals surface area (Å²) in [6.07, 6.45) is 0.476. The Kier molecular flexibility index (Phi) is 4.79. The van der Waals surface area contributed by atoms with Crippen molar-refractivity contribution in [2.24, 2.45) is 0 Å². The first-order chi connectivity index (χ1) is 9.95. The number of carbonyl (C=O) groups excluding carboxylic acids is 1. The Balaban J connectivity index is 1.88. The molecule has 0 fully saturated rings. The van der Waals surface area contributed by atoms with Crippen LogP contribution in [0.4, 0.5) is 5.69 Å². The minimum atomic E-state index is 0.150. The zero-order valence-electron chi connectivity index (χ0n) is 13.0. The number of hydrogen-bond donors (Lipinski definition) is 1. The van der Waals surface area contributed by atoms with Crippen LogP contribution in [0.3, 0.4) is 0 Å². The standard InChI is InChI=1S/C19H23NO/c1-19(2,3)16-11-9-15(10-12-16)13-18(21)14-20-17-7-5-4-6-8-17/h4-12,20H,13-14H2,1-3H3. The van der Waals surface area contributed by atoms with Crippen LogP contribution < -0.4 is 5.32 Å². The van der Waals surface area contributed by atoms with Crippen LogP contribution >= 0.6 is 0 Å². The quantitative estimate of drug-likeness (QED) is 0.889. The van der Waals surface area contributed by atoms with Crippen molar-refractivity contribution in [1.82, 2.24) is 0 Å². The first kappa shape index (κ1) is 15.3. The van der Waals surface area contributed by atoms with Crippen molar-refractivity contribution in [3.63, 3.8) is 0 Å². The SMILES string of the molecule is CC(C)(C)c1ccc(CC(=O)CNc2ccccc2)cc1. The van der Waals surface area contributed by atoms with Gasteiger partial charge in [0.05, 0.1) is 6.54 Å². The molecule has 110 valence electrons. The summed E-state index contributed by atoms with van der Waals surface area (Å²) in [5, 5.41) is 3.15. The molecule has 0 heterocycles. The lowest BCUT2D eigenvalue weighted by Crippen LogP contribution is -2.16. The number of Topliss-reactive ketones (excluding diaryl/α,β-unsaturated/α-hetero) is 1. The van der Waals surface area contributed by atoms with Gasteiger partial charge in [-0.2, -0.15) is 0 Å². The average molecular weight is 281 g/mol. The van der Waals surface area contributed by atoms with Crippen LogP contribution in [0, 0.1) is 0 Å². The minimum absolute atomic E-state index is 0.150. The van der Waals surface area contributed by atoms with Crippen molar-refractivity contribution < 1.29 is 4.79 Å². The van der Waals surface area contributed by atoms with Gasteiger partial charge in [0, 0.05) is 12.1 Å². The molecule has 2 nitrogen and oxygen atoms in total. The largest absolute Gasteiger partial charge is 0.378 e. The molecule has 2 heteroatoms. The van der Waals surface area contributed by atoms with Crippen molar-refractivity contribution in [2.75, 3.05) is 11.9 Å². The second kappa shape index (κ2) is 6.57. The number of carbonyl (C=O) groups is 1. The van der Waals surface area contributed by atoms with E-state index >= 15 is 0 Å². The lowest BCUT2D eigenvalue weighted by atomic mass is 9.86. The van der Waals surface area contributed by atoms with Crippen LogP contribution in [0.1, 0.15) is 31.9 Å². The molecule has 0 bridgehead atoms. The molecular weight excluding hydrogens is 258 g/mol. The Labute approximate surface area is 127 Å². The second-order valence-corrected chi connectivity index (χ2v) is 6.38. The summed E-state index contributed by atoms with van der Waals surface area (Å²) >= 11 is 0. The zero-order valence-corrected chi connectivity index (χ0v) is 13.0. The van der Waals surface area contributed by atoms with Crippen molar-refractivity contribution in [3.05, 3.63) is 65.7 Å². The van der Waals surface area contributed by atoms with Crippen LogP contribution in [-0.2, 0) is 16.6 Å². The molecule has 0 aromatic heterocycles. The van der Waals surface area contributed by atoms with E-state index in [-0.39, 0.29) is 11.2 Å². The van der Waals surface area contributed by atoms with E-state index in [1.54, 1.807) is 0 Å². The number of hydrogen-bond acceptors (Lipinski definition) is 2. The average Bonchev–Trinajstić information content (AvgIpc) is 2.46. The maximum Gasteiger partial charge on any atom is 0.156 e. The highest BCUT2D eigenvalue weighted by Crippen LogP contribution is 2.22. The van der Waals surface area contributed by atoms with Crippen LogP contribution in [0.2, 0.25) is 0 Å². The third-order valence-electron chi connectivity index (χ3n) is 3.48. The smallest absolute Gasteiger partial charge is 0.156 e. The number of nitrogens with one attached hydrogen (secondary N) is 1. The number of ketones is 1. The van der Waals surface area contributed by atoms with E-state index in [0.717, 1.165) is 11.3 Å². The number of anilines is 1.